The second-order valence-electron chi connectivity index (χ2n) is 5.04. The second kappa shape index (κ2) is 5.92. The number of benzene rings is 1. The van der Waals surface area contributed by atoms with E-state index in [0.717, 1.165) is 25.5 Å². The fraction of sp³-hybridized carbons (Fsp3) is 0.571. The molecule has 1 fully saturated rings. The zero-order chi connectivity index (χ0) is 13.9. The molecule has 106 valence electrons. The quantitative estimate of drug-likeness (QED) is 0.918. The van der Waals surface area contributed by atoms with E-state index in [1.54, 1.807) is 6.07 Å². The van der Waals surface area contributed by atoms with Crippen LogP contribution >= 0.6 is 0 Å². The van der Waals surface area contributed by atoms with Gasteiger partial charge in [-0.3, -0.25) is 0 Å². The Kier molecular flexibility index (Phi) is 4.47. The molecular formula is C14H18F3NO. The van der Waals surface area contributed by atoms with E-state index < -0.39 is 11.7 Å². The van der Waals surface area contributed by atoms with Gasteiger partial charge in [0.1, 0.15) is 0 Å². The Bertz CT molecular complexity index is 413. The molecule has 0 saturated carbocycles. The van der Waals surface area contributed by atoms with Crippen LogP contribution in [-0.4, -0.2) is 19.3 Å². The van der Waals surface area contributed by atoms with Crippen molar-refractivity contribution in [3.8, 4) is 0 Å². The minimum absolute atomic E-state index is 0.149. The Morgan fingerprint density at radius 3 is 2.79 bits per heavy atom. The van der Waals surface area contributed by atoms with Gasteiger partial charge in [-0.2, -0.15) is 13.2 Å². The van der Waals surface area contributed by atoms with Gasteiger partial charge >= 0.3 is 6.18 Å². The number of halogens is 3. The Labute approximate surface area is 110 Å². The number of nitrogens with two attached hydrogens (primary N) is 1. The van der Waals surface area contributed by atoms with Crippen LogP contribution in [0.25, 0.3) is 0 Å². The van der Waals surface area contributed by atoms with Gasteiger partial charge in [0.2, 0.25) is 0 Å². The maximum atomic E-state index is 12.6. The summed E-state index contributed by atoms with van der Waals surface area (Å²) in [6.45, 7) is 1.37. The molecule has 1 aromatic rings. The molecule has 0 spiro atoms. The van der Waals surface area contributed by atoms with Gasteiger partial charge in [0.15, 0.2) is 0 Å². The van der Waals surface area contributed by atoms with E-state index in [-0.39, 0.29) is 12.0 Å². The molecule has 0 aromatic heterocycles. The van der Waals surface area contributed by atoms with Gasteiger partial charge in [-0.15, -0.1) is 0 Å². The lowest BCUT2D eigenvalue weighted by atomic mass is 9.89. The van der Waals surface area contributed by atoms with E-state index in [1.165, 1.54) is 12.1 Å². The first-order valence-electron chi connectivity index (χ1n) is 6.46. The SMILES string of the molecule is NC(Cc1cccc(C(F)(F)F)c1)C1CCCOC1. The predicted molar refractivity (Wildman–Crippen MR) is 66.7 cm³/mol. The molecule has 1 aromatic carbocycles. The summed E-state index contributed by atoms with van der Waals surface area (Å²) >= 11 is 0. The summed E-state index contributed by atoms with van der Waals surface area (Å²) < 4.78 is 43.2. The summed E-state index contributed by atoms with van der Waals surface area (Å²) in [6, 6.07) is 5.24. The molecule has 0 amide bonds. The predicted octanol–water partition coefficient (Wildman–Crippen LogP) is 3.00. The molecular weight excluding hydrogens is 255 g/mol. The average Bonchev–Trinajstić information content (AvgIpc) is 2.39. The third kappa shape index (κ3) is 3.94. The molecule has 5 heteroatoms. The molecule has 1 aliphatic rings. The zero-order valence-corrected chi connectivity index (χ0v) is 10.6. The molecule has 19 heavy (non-hydrogen) atoms. The molecule has 2 rings (SSSR count). The molecule has 0 radical (unpaired) electrons. The van der Waals surface area contributed by atoms with Crippen molar-refractivity contribution in [1.82, 2.24) is 0 Å². The average molecular weight is 273 g/mol. The van der Waals surface area contributed by atoms with Crippen LogP contribution < -0.4 is 5.73 Å². The van der Waals surface area contributed by atoms with Crippen LogP contribution in [0.4, 0.5) is 13.2 Å². The van der Waals surface area contributed by atoms with Gasteiger partial charge in [0, 0.05) is 12.6 Å². The van der Waals surface area contributed by atoms with Gasteiger partial charge in [-0.25, -0.2) is 0 Å². The van der Waals surface area contributed by atoms with Crippen LogP contribution in [0.1, 0.15) is 24.0 Å². The minimum atomic E-state index is -4.30. The van der Waals surface area contributed by atoms with Crippen molar-refractivity contribution in [2.24, 2.45) is 11.7 Å². The number of ether oxygens (including phenoxy) is 1. The lowest BCUT2D eigenvalue weighted by Gasteiger charge is -2.27. The topological polar surface area (TPSA) is 35.2 Å². The highest BCUT2D eigenvalue weighted by Gasteiger charge is 2.30. The number of hydrogen-bond acceptors (Lipinski definition) is 2. The number of rotatable bonds is 3. The van der Waals surface area contributed by atoms with Crippen molar-refractivity contribution in [2.45, 2.75) is 31.5 Å². The molecule has 2 nitrogen and oxygen atoms in total. The number of alkyl halides is 3. The highest BCUT2D eigenvalue weighted by molar-refractivity contribution is 5.26. The summed E-state index contributed by atoms with van der Waals surface area (Å²) in [6.07, 6.45) is -1.88. The van der Waals surface area contributed by atoms with Crippen molar-refractivity contribution < 1.29 is 17.9 Å². The summed E-state index contributed by atoms with van der Waals surface area (Å²) in [5, 5.41) is 0. The van der Waals surface area contributed by atoms with E-state index in [9.17, 15) is 13.2 Å². The van der Waals surface area contributed by atoms with E-state index in [4.69, 9.17) is 10.5 Å². The smallest absolute Gasteiger partial charge is 0.381 e. The van der Waals surface area contributed by atoms with Gasteiger partial charge in [-0.1, -0.05) is 18.2 Å². The van der Waals surface area contributed by atoms with E-state index in [2.05, 4.69) is 0 Å². The standard InChI is InChI=1S/C14H18F3NO/c15-14(16,17)12-5-1-3-10(7-12)8-13(18)11-4-2-6-19-9-11/h1,3,5,7,11,13H,2,4,6,8-9,18H2. The van der Waals surface area contributed by atoms with Gasteiger partial charge < -0.3 is 10.5 Å². The van der Waals surface area contributed by atoms with Crippen LogP contribution in [0.3, 0.4) is 0 Å². The first-order chi connectivity index (χ1) is 8.97. The van der Waals surface area contributed by atoms with E-state index in [1.807, 2.05) is 0 Å². The summed E-state index contributed by atoms with van der Waals surface area (Å²) in [5.41, 5.74) is 6.10. The molecule has 1 saturated heterocycles. The van der Waals surface area contributed by atoms with Crippen molar-refractivity contribution in [3.63, 3.8) is 0 Å². The first kappa shape index (κ1) is 14.3. The monoisotopic (exact) mass is 273 g/mol. The molecule has 2 N–H and O–H groups in total. The zero-order valence-electron chi connectivity index (χ0n) is 10.6. The molecule has 1 aliphatic heterocycles. The molecule has 0 bridgehead atoms. The third-order valence-electron chi connectivity index (χ3n) is 3.53. The summed E-state index contributed by atoms with van der Waals surface area (Å²) in [7, 11) is 0. The Morgan fingerprint density at radius 2 is 2.16 bits per heavy atom. The second-order valence-corrected chi connectivity index (χ2v) is 5.04. The van der Waals surface area contributed by atoms with Crippen molar-refractivity contribution in [1.29, 1.82) is 0 Å². The van der Waals surface area contributed by atoms with E-state index in [0.29, 0.717) is 18.6 Å². The Hall–Kier alpha value is -1.07. The van der Waals surface area contributed by atoms with Gasteiger partial charge in [0.25, 0.3) is 0 Å². The summed E-state index contributed by atoms with van der Waals surface area (Å²) in [4.78, 5) is 0. The highest BCUT2D eigenvalue weighted by atomic mass is 19.4. The van der Waals surface area contributed by atoms with Crippen molar-refractivity contribution in [2.75, 3.05) is 13.2 Å². The van der Waals surface area contributed by atoms with Crippen LogP contribution in [0.2, 0.25) is 0 Å². The molecule has 0 aliphatic carbocycles. The fourth-order valence-electron chi connectivity index (χ4n) is 2.42. The van der Waals surface area contributed by atoms with Gasteiger partial charge in [-0.05, 0) is 36.8 Å². The first-order valence-corrected chi connectivity index (χ1v) is 6.46. The lowest BCUT2D eigenvalue weighted by Crippen LogP contribution is -2.37. The van der Waals surface area contributed by atoms with Crippen LogP contribution in [-0.2, 0) is 17.3 Å². The van der Waals surface area contributed by atoms with Crippen LogP contribution in [0, 0.1) is 5.92 Å². The lowest BCUT2D eigenvalue weighted by molar-refractivity contribution is -0.137. The largest absolute Gasteiger partial charge is 0.416 e. The Balaban J connectivity index is 2.02. The van der Waals surface area contributed by atoms with Crippen LogP contribution in [0.15, 0.2) is 24.3 Å². The Morgan fingerprint density at radius 1 is 1.37 bits per heavy atom. The van der Waals surface area contributed by atoms with Gasteiger partial charge in [0.05, 0.1) is 12.2 Å². The van der Waals surface area contributed by atoms with Crippen molar-refractivity contribution in [3.05, 3.63) is 35.4 Å². The maximum Gasteiger partial charge on any atom is 0.416 e. The van der Waals surface area contributed by atoms with Crippen molar-refractivity contribution >= 4 is 0 Å². The summed E-state index contributed by atoms with van der Waals surface area (Å²) in [5.74, 6) is 0.239. The van der Waals surface area contributed by atoms with Crippen LogP contribution in [0.5, 0.6) is 0 Å². The molecule has 2 unspecified atom stereocenters. The molecule has 1 heterocycles. The third-order valence-corrected chi connectivity index (χ3v) is 3.53. The fourth-order valence-corrected chi connectivity index (χ4v) is 2.42. The highest BCUT2D eigenvalue weighted by Crippen LogP contribution is 2.30. The maximum absolute atomic E-state index is 12.6. The molecule has 2 atom stereocenters. The minimum Gasteiger partial charge on any atom is -0.381 e. The normalized spacial score (nSPS) is 22.2. The number of hydrogen-bond donors (Lipinski definition) is 1. The van der Waals surface area contributed by atoms with E-state index >= 15 is 0 Å².